The number of nitrogens with one attached hydrogen (secondary N) is 4. The highest BCUT2D eigenvalue weighted by molar-refractivity contribution is 5.89. The lowest BCUT2D eigenvalue weighted by Crippen LogP contribution is -2.49. The lowest BCUT2D eigenvalue weighted by Gasteiger charge is -2.22. The van der Waals surface area contributed by atoms with Crippen molar-refractivity contribution < 1.29 is 19.5 Å². The zero-order valence-corrected chi connectivity index (χ0v) is 15.7. The van der Waals surface area contributed by atoms with Crippen molar-refractivity contribution in [2.45, 2.75) is 50.6 Å². The van der Waals surface area contributed by atoms with Gasteiger partial charge in [0.15, 0.2) is 0 Å². The molecule has 0 aliphatic heterocycles. The predicted octanol–water partition coefficient (Wildman–Crippen LogP) is 1.91. The second-order valence-corrected chi connectivity index (χ2v) is 7.18. The molecule has 28 heavy (non-hydrogen) atoms. The van der Waals surface area contributed by atoms with Crippen LogP contribution in [-0.4, -0.2) is 46.6 Å². The number of carboxylic acids is 1. The molecule has 0 radical (unpaired) electrons. The van der Waals surface area contributed by atoms with E-state index in [0.29, 0.717) is 0 Å². The lowest BCUT2D eigenvalue weighted by atomic mass is 9.96. The Labute approximate surface area is 163 Å². The van der Waals surface area contributed by atoms with Crippen LogP contribution in [0.3, 0.4) is 0 Å². The summed E-state index contributed by atoms with van der Waals surface area (Å²) in [6.07, 6.45) is 7.19. The number of amides is 3. The maximum Gasteiger partial charge on any atom is 0.326 e. The molecule has 1 atom stereocenters. The summed E-state index contributed by atoms with van der Waals surface area (Å²) in [7, 11) is 0. The van der Waals surface area contributed by atoms with E-state index < -0.39 is 23.9 Å². The SMILES string of the molecule is O=C(CNC(=O)NC1CCCCC1)NC(Cc1c[nH]c2ccccc12)C(=O)O. The molecular weight excluding hydrogens is 360 g/mol. The van der Waals surface area contributed by atoms with Gasteiger partial charge in [-0.25, -0.2) is 9.59 Å². The van der Waals surface area contributed by atoms with Gasteiger partial charge in [0, 0.05) is 29.6 Å². The highest BCUT2D eigenvalue weighted by Gasteiger charge is 2.22. The molecule has 8 nitrogen and oxygen atoms in total. The van der Waals surface area contributed by atoms with Crippen molar-refractivity contribution in [3.05, 3.63) is 36.0 Å². The van der Waals surface area contributed by atoms with E-state index >= 15 is 0 Å². The van der Waals surface area contributed by atoms with Gasteiger partial charge in [-0.05, 0) is 24.5 Å². The van der Waals surface area contributed by atoms with Gasteiger partial charge in [-0.2, -0.15) is 0 Å². The maximum absolute atomic E-state index is 12.1. The van der Waals surface area contributed by atoms with Crippen LogP contribution in [0.25, 0.3) is 10.9 Å². The van der Waals surface area contributed by atoms with Crippen molar-refractivity contribution in [3.63, 3.8) is 0 Å². The highest BCUT2D eigenvalue weighted by Crippen LogP contribution is 2.19. The molecule has 0 saturated heterocycles. The van der Waals surface area contributed by atoms with Gasteiger partial charge in [0.05, 0.1) is 6.54 Å². The number of H-pyrrole nitrogens is 1. The van der Waals surface area contributed by atoms with Gasteiger partial charge in [0.1, 0.15) is 6.04 Å². The van der Waals surface area contributed by atoms with Crippen LogP contribution in [0.1, 0.15) is 37.7 Å². The Hall–Kier alpha value is -3.03. The van der Waals surface area contributed by atoms with Crippen molar-refractivity contribution in [2.75, 3.05) is 6.54 Å². The third-order valence-corrected chi connectivity index (χ3v) is 5.08. The van der Waals surface area contributed by atoms with Crippen LogP contribution >= 0.6 is 0 Å². The van der Waals surface area contributed by atoms with E-state index in [4.69, 9.17) is 0 Å². The van der Waals surface area contributed by atoms with Crippen molar-refractivity contribution in [3.8, 4) is 0 Å². The zero-order valence-electron chi connectivity index (χ0n) is 15.7. The Kier molecular flexibility index (Phi) is 6.52. The Bertz CT molecular complexity index is 842. The largest absolute Gasteiger partial charge is 0.480 e. The van der Waals surface area contributed by atoms with Gasteiger partial charge in [-0.3, -0.25) is 4.79 Å². The molecule has 1 aromatic heterocycles. The Morgan fingerprint density at radius 2 is 1.89 bits per heavy atom. The number of fused-ring (bicyclic) bond motifs is 1. The van der Waals surface area contributed by atoms with Crippen LogP contribution in [0.4, 0.5) is 4.79 Å². The normalized spacial score (nSPS) is 15.7. The molecule has 1 aromatic carbocycles. The summed E-state index contributed by atoms with van der Waals surface area (Å²) in [4.78, 5) is 38.7. The Balaban J connectivity index is 1.50. The van der Waals surface area contributed by atoms with Crippen LogP contribution < -0.4 is 16.0 Å². The van der Waals surface area contributed by atoms with E-state index in [-0.39, 0.29) is 19.0 Å². The number of para-hydroxylation sites is 1. The van der Waals surface area contributed by atoms with E-state index in [1.165, 1.54) is 6.42 Å². The summed E-state index contributed by atoms with van der Waals surface area (Å²) >= 11 is 0. The average Bonchev–Trinajstić information content (AvgIpc) is 3.09. The number of aromatic amines is 1. The van der Waals surface area contributed by atoms with Gasteiger partial charge in [0.25, 0.3) is 0 Å². The second kappa shape index (κ2) is 9.25. The topological polar surface area (TPSA) is 123 Å². The van der Waals surface area contributed by atoms with Crippen molar-refractivity contribution in [2.24, 2.45) is 0 Å². The average molecular weight is 386 g/mol. The molecule has 3 amide bonds. The first-order valence-corrected chi connectivity index (χ1v) is 9.64. The van der Waals surface area contributed by atoms with Crippen molar-refractivity contribution in [1.29, 1.82) is 0 Å². The van der Waals surface area contributed by atoms with E-state index in [2.05, 4.69) is 20.9 Å². The van der Waals surface area contributed by atoms with E-state index in [9.17, 15) is 19.5 Å². The number of rotatable bonds is 7. The molecule has 2 aromatic rings. The first kappa shape index (κ1) is 19.7. The van der Waals surface area contributed by atoms with E-state index in [1.807, 2.05) is 24.3 Å². The van der Waals surface area contributed by atoms with Crippen LogP contribution in [0, 0.1) is 0 Å². The minimum atomic E-state index is -1.12. The van der Waals surface area contributed by atoms with Crippen LogP contribution in [0.15, 0.2) is 30.5 Å². The number of urea groups is 1. The van der Waals surface area contributed by atoms with Crippen LogP contribution in [0.5, 0.6) is 0 Å². The summed E-state index contributed by atoms with van der Waals surface area (Å²) in [6.45, 7) is -0.268. The van der Waals surface area contributed by atoms with E-state index in [1.54, 1.807) is 6.20 Å². The smallest absolute Gasteiger partial charge is 0.326 e. The minimum absolute atomic E-state index is 0.144. The fraction of sp³-hybridized carbons (Fsp3) is 0.450. The number of carbonyl (C=O) groups is 3. The Morgan fingerprint density at radius 1 is 1.14 bits per heavy atom. The molecule has 150 valence electrons. The highest BCUT2D eigenvalue weighted by atomic mass is 16.4. The molecule has 1 saturated carbocycles. The molecule has 0 bridgehead atoms. The molecule has 8 heteroatoms. The molecule has 5 N–H and O–H groups in total. The number of hydrogen-bond acceptors (Lipinski definition) is 3. The molecule has 1 aliphatic rings. The summed E-state index contributed by atoms with van der Waals surface area (Å²) < 4.78 is 0. The number of carboxylic acid groups (broad SMARTS) is 1. The van der Waals surface area contributed by atoms with Crippen molar-refractivity contribution >= 4 is 28.8 Å². The summed E-state index contributed by atoms with van der Waals surface area (Å²) in [6, 6.07) is 6.25. The van der Waals surface area contributed by atoms with Crippen LogP contribution in [0.2, 0.25) is 0 Å². The van der Waals surface area contributed by atoms with Crippen molar-refractivity contribution in [1.82, 2.24) is 20.9 Å². The zero-order chi connectivity index (χ0) is 19.9. The third kappa shape index (κ3) is 5.25. The van der Waals surface area contributed by atoms with Crippen LogP contribution in [-0.2, 0) is 16.0 Å². The standard InChI is InChI=1S/C20H26N4O4/c25-18(12-22-20(28)23-14-6-2-1-3-7-14)24-17(19(26)27)10-13-11-21-16-9-5-4-8-15(13)16/h4-5,8-9,11,14,17,21H,1-3,6-7,10,12H2,(H,24,25)(H,26,27)(H2,22,23,28). The molecule has 0 spiro atoms. The summed E-state index contributed by atoms with van der Waals surface area (Å²) in [5.74, 6) is -1.66. The molecule has 3 rings (SSSR count). The summed E-state index contributed by atoms with van der Waals surface area (Å²) in [5, 5.41) is 18.2. The monoisotopic (exact) mass is 386 g/mol. The molecule has 1 heterocycles. The first-order valence-electron chi connectivity index (χ1n) is 9.64. The van der Waals surface area contributed by atoms with Gasteiger partial charge in [0.2, 0.25) is 5.91 Å². The van der Waals surface area contributed by atoms with Gasteiger partial charge in [-0.1, -0.05) is 37.5 Å². The number of carbonyl (C=O) groups excluding carboxylic acids is 2. The molecular formula is C20H26N4O4. The van der Waals surface area contributed by atoms with E-state index in [0.717, 1.165) is 42.1 Å². The fourth-order valence-electron chi connectivity index (χ4n) is 3.61. The predicted molar refractivity (Wildman–Crippen MR) is 105 cm³/mol. The summed E-state index contributed by atoms with van der Waals surface area (Å²) in [5.41, 5.74) is 1.72. The molecule has 1 unspecified atom stereocenters. The third-order valence-electron chi connectivity index (χ3n) is 5.08. The first-order chi connectivity index (χ1) is 13.5. The molecule has 1 aliphatic carbocycles. The Morgan fingerprint density at radius 3 is 2.64 bits per heavy atom. The van der Waals surface area contributed by atoms with Gasteiger partial charge < -0.3 is 26.0 Å². The van der Waals surface area contributed by atoms with Gasteiger partial charge in [-0.15, -0.1) is 0 Å². The molecule has 1 fully saturated rings. The quantitative estimate of drug-likeness (QED) is 0.499. The lowest BCUT2D eigenvalue weighted by molar-refractivity contribution is -0.141. The number of benzene rings is 1. The number of aromatic nitrogens is 1. The minimum Gasteiger partial charge on any atom is -0.480 e. The number of hydrogen-bond donors (Lipinski definition) is 5. The maximum atomic E-state index is 12.1. The number of aliphatic carboxylic acids is 1. The van der Waals surface area contributed by atoms with Gasteiger partial charge >= 0.3 is 12.0 Å². The second-order valence-electron chi connectivity index (χ2n) is 7.18. The fourth-order valence-corrected chi connectivity index (χ4v) is 3.61.